The van der Waals surface area contributed by atoms with Crippen LogP contribution in [0.5, 0.6) is 0 Å². The second kappa shape index (κ2) is 5.53. The molecule has 1 fully saturated rings. The summed E-state index contributed by atoms with van der Waals surface area (Å²) in [5.74, 6) is 5.91. The lowest BCUT2D eigenvalue weighted by atomic mass is 9.86. The number of nitrogens with zero attached hydrogens (tertiary/aromatic N) is 1. The van der Waals surface area contributed by atoms with E-state index in [1.165, 1.54) is 12.8 Å². The van der Waals surface area contributed by atoms with Crippen molar-refractivity contribution in [1.29, 1.82) is 0 Å². The van der Waals surface area contributed by atoms with Crippen LogP contribution in [0.3, 0.4) is 0 Å². The molecule has 86 valence electrons. The lowest BCUT2D eigenvalue weighted by molar-refractivity contribution is -0.00687. The number of aliphatic hydroxyl groups excluding tert-OH is 1. The molecule has 0 aromatic rings. The van der Waals surface area contributed by atoms with Gasteiger partial charge in [-0.1, -0.05) is 12.8 Å². The van der Waals surface area contributed by atoms with Gasteiger partial charge < -0.3 is 10.0 Å². The molecule has 1 aliphatic carbocycles. The Morgan fingerprint density at radius 1 is 1.33 bits per heavy atom. The molecule has 0 saturated heterocycles. The summed E-state index contributed by atoms with van der Waals surface area (Å²) in [4.78, 5) is 2.21. The summed E-state index contributed by atoms with van der Waals surface area (Å²) in [5, 5.41) is 10.3. The third-order valence-electron chi connectivity index (χ3n) is 3.70. The maximum absolute atomic E-state index is 10.3. The number of aliphatic hydroxyl groups is 1. The molecule has 0 spiro atoms. The van der Waals surface area contributed by atoms with Crippen molar-refractivity contribution in [3.8, 4) is 11.8 Å². The third kappa shape index (κ3) is 2.74. The van der Waals surface area contributed by atoms with Crippen LogP contribution in [-0.2, 0) is 0 Å². The Hall–Kier alpha value is -0.520. The summed E-state index contributed by atoms with van der Waals surface area (Å²) >= 11 is 0. The highest BCUT2D eigenvalue weighted by molar-refractivity contribution is 5.01. The molecule has 0 aromatic carbocycles. The molecule has 0 radical (unpaired) electrons. The van der Waals surface area contributed by atoms with E-state index in [0.717, 1.165) is 25.7 Å². The molecule has 2 nitrogen and oxygen atoms in total. The standard InChI is InChI=1S/C13H23NO/c1-4-5-6-9-12(15)13(14(2)3)10-7-8-11-13/h12,15H,6-11H2,1-3H3. The zero-order valence-electron chi connectivity index (χ0n) is 10.2. The molecule has 2 heteroatoms. The summed E-state index contributed by atoms with van der Waals surface area (Å²) in [5.41, 5.74) is 0.0232. The van der Waals surface area contributed by atoms with Gasteiger partial charge in [0.2, 0.25) is 0 Å². The second-order valence-electron chi connectivity index (χ2n) is 4.69. The van der Waals surface area contributed by atoms with Gasteiger partial charge >= 0.3 is 0 Å². The first kappa shape index (κ1) is 12.5. The van der Waals surface area contributed by atoms with Crippen molar-refractivity contribution in [2.45, 2.75) is 57.1 Å². The Labute approximate surface area is 93.7 Å². The number of rotatable bonds is 4. The Bertz CT molecular complexity index is 243. The van der Waals surface area contributed by atoms with E-state index in [1.807, 2.05) is 6.92 Å². The van der Waals surface area contributed by atoms with Gasteiger partial charge in [0.15, 0.2) is 0 Å². The van der Waals surface area contributed by atoms with Gasteiger partial charge in [-0.05, 0) is 40.3 Å². The van der Waals surface area contributed by atoms with Gasteiger partial charge in [-0.3, -0.25) is 0 Å². The van der Waals surface area contributed by atoms with Gasteiger partial charge in [-0.25, -0.2) is 0 Å². The van der Waals surface area contributed by atoms with Crippen LogP contribution < -0.4 is 0 Å². The molecular weight excluding hydrogens is 186 g/mol. The predicted molar refractivity (Wildman–Crippen MR) is 63.6 cm³/mol. The fourth-order valence-corrected chi connectivity index (χ4v) is 2.67. The van der Waals surface area contributed by atoms with Crippen LogP contribution in [0.1, 0.15) is 45.4 Å². The van der Waals surface area contributed by atoms with Crippen LogP contribution in [0.25, 0.3) is 0 Å². The average Bonchev–Trinajstić information content (AvgIpc) is 2.67. The summed E-state index contributed by atoms with van der Waals surface area (Å²) in [6.45, 7) is 1.85. The van der Waals surface area contributed by atoms with Gasteiger partial charge in [0.05, 0.1) is 6.10 Å². The van der Waals surface area contributed by atoms with Crippen LogP contribution in [0.4, 0.5) is 0 Å². The van der Waals surface area contributed by atoms with Crippen LogP contribution in [0.15, 0.2) is 0 Å². The molecule has 1 saturated carbocycles. The molecule has 15 heavy (non-hydrogen) atoms. The normalized spacial score (nSPS) is 21.1. The molecular formula is C13H23NO. The molecule has 1 unspecified atom stereocenters. The highest BCUT2D eigenvalue weighted by Gasteiger charge is 2.41. The van der Waals surface area contributed by atoms with Crippen molar-refractivity contribution >= 4 is 0 Å². The predicted octanol–water partition coefficient (Wildman–Crippen LogP) is 2.03. The van der Waals surface area contributed by atoms with Crippen LogP contribution >= 0.6 is 0 Å². The summed E-state index contributed by atoms with van der Waals surface area (Å²) < 4.78 is 0. The number of hydrogen-bond acceptors (Lipinski definition) is 2. The van der Waals surface area contributed by atoms with Crippen molar-refractivity contribution in [3.63, 3.8) is 0 Å². The zero-order chi connectivity index (χ0) is 11.3. The Kier molecular flexibility index (Phi) is 4.63. The van der Waals surface area contributed by atoms with Gasteiger partial charge in [0.1, 0.15) is 0 Å². The maximum Gasteiger partial charge on any atom is 0.0732 e. The van der Waals surface area contributed by atoms with E-state index >= 15 is 0 Å². The highest BCUT2D eigenvalue weighted by Crippen LogP contribution is 2.37. The summed E-state index contributed by atoms with van der Waals surface area (Å²) in [6, 6.07) is 0. The molecule has 0 heterocycles. The minimum absolute atomic E-state index is 0.0232. The minimum atomic E-state index is -0.226. The largest absolute Gasteiger partial charge is 0.391 e. The molecule has 0 amide bonds. The Morgan fingerprint density at radius 2 is 1.93 bits per heavy atom. The van der Waals surface area contributed by atoms with E-state index in [2.05, 4.69) is 30.8 Å². The minimum Gasteiger partial charge on any atom is -0.391 e. The Balaban J connectivity index is 2.58. The van der Waals surface area contributed by atoms with E-state index in [-0.39, 0.29) is 11.6 Å². The molecule has 1 aliphatic rings. The first-order valence-corrected chi connectivity index (χ1v) is 5.88. The fourth-order valence-electron chi connectivity index (χ4n) is 2.67. The SMILES string of the molecule is CC#CCCC(O)C1(N(C)C)CCCC1. The van der Waals surface area contributed by atoms with Crippen molar-refractivity contribution < 1.29 is 5.11 Å². The molecule has 1 atom stereocenters. The molecule has 0 bridgehead atoms. The molecule has 1 N–H and O–H groups in total. The lowest BCUT2D eigenvalue weighted by Gasteiger charge is -2.40. The van der Waals surface area contributed by atoms with Gasteiger partial charge in [0, 0.05) is 12.0 Å². The zero-order valence-corrected chi connectivity index (χ0v) is 10.2. The van der Waals surface area contributed by atoms with Crippen LogP contribution in [0, 0.1) is 11.8 Å². The van der Waals surface area contributed by atoms with Crippen LogP contribution in [0.2, 0.25) is 0 Å². The van der Waals surface area contributed by atoms with Crippen molar-refractivity contribution in [2.24, 2.45) is 0 Å². The smallest absolute Gasteiger partial charge is 0.0732 e. The Morgan fingerprint density at radius 3 is 2.40 bits per heavy atom. The van der Waals surface area contributed by atoms with E-state index < -0.39 is 0 Å². The van der Waals surface area contributed by atoms with Gasteiger partial charge in [-0.15, -0.1) is 11.8 Å². The van der Waals surface area contributed by atoms with E-state index in [0.29, 0.717) is 0 Å². The fraction of sp³-hybridized carbons (Fsp3) is 0.846. The quantitative estimate of drug-likeness (QED) is 0.716. The van der Waals surface area contributed by atoms with Gasteiger partial charge in [-0.2, -0.15) is 0 Å². The van der Waals surface area contributed by atoms with E-state index in [1.54, 1.807) is 0 Å². The van der Waals surface area contributed by atoms with Crippen molar-refractivity contribution in [3.05, 3.63) is 0 Å². The number of likely N-dealkylation sites (N-methyl/N-ethyl adjacent to an activating group) is 1. The third-order valence-corrected chi connectivity index (χ3v) is 3.70. The number of hydrogen-bond donors (Lipinski definition) is 1. The van der Waals surface area contributed by atoms with Crippen LogP contribution in [-0.4, -0.2) is 35.7 Å². The monoisotopic (exact) mass is 209 g/mol. The second-order valence-corrected chi connectivity index (χ2v) is 4.69. The first-order chi connectivity index (χ1) is 7.13. The summed E-state index contributed by atoms with van der Waals surface area (Å²) in [7, 11) is 4.17. The highest BCUT2D eigenvalue weighted by atomic mass is 16.3. The molecule has 0 aromatic heterocycles. The van der Waals surface area contributed by atoms with E-state index in [9.17, 15) is 5.11 Å². The van der Waals surface area contributed by atoms with Crippen molar-refractivity contribution in [1.82, 2.24) is 4.90 Å². The van der Waals surface area contributed by atoms with E-state index in [4.69, 9.17) is 0 Å². The van der Waals surface area contributed by atoms with Gasteiger partial charge in [0.25, 0.3) is 0 Å². The summed E-state index contributed by atoms with van der Waals surface area (Å²) in [6.07, 6.45) is 6.13. The maximum atomic E-state index is 10.3. The first-order valence-electron chi connectivity index (χ1n) is 5.88. The topological polar surface area (TPSA) is 23.5 Å². The molecule has 1 rings (SSSR count). The van der Waals surface area contributed by atoms with Crippen molar-refractivity contribution in [2.75, 3.05) is 14.1 Å². The average molecular weight is 209 g/mol. The molecule has 0 aliphatic heterocycles. The lowest BCUT2D eigenvalue weighted by Crippen LogP contribution is -2.51.